The Morgan fingerprint density at radius 3 is 2.25 bits per heavy atom. The molecule has 4 heteroatoms. The van der Waals surface area contributed by atoms with E-state index in [1.54, 1.807) is 0 Å². The minimum Gasteiger partial charge on any atom is -0.356 e. The number of nitrogens with one attached hydrogen (secondary N) is 1. The maximum Gasteiger partial charge on any atom is 0.193 e. The van der Waals surface area contributed by atoms with Gasteiger partial charge in [0, 0.05) is 33.2 Å². The fraction of sp³-hybridized carbons (Fsp3) is 0.650. The molecule has 1 aromatic rings. The van der Waals surface area contributed by atoms with Crippen molar-refractivity contribution in [3.05, 3.63) is 35.4 Å². The second-order valence-corrected chi connectivity index (χ2v) is 6.78. The maximum atomic E-state index is 4.40. The van der Waals surface area contributed by atoms with Crippen molar-refractivity contribution in [1.29, 1.82) is 0 Å². The summed E-state index contributed by atoms with van der Waals surface area (Å²) >= 11 is 0. The second kappa shape index (κ2) is 11.1. The van der Waals surface area contributed by atoms with Gasteiger partial charge in [-0.3, -0.25) is 4.99 Å². The van der Waals surface area contributed by atoms with Crippen LogP contribution in [0, 0.1) is 0 Å². The predicted molar refractivity (Wildman–Crippen MR) is 106 cm³/mol. The number of aryl methyl sites for hydroxylation is 1. The minimum atomic E-state index is 0.621. The van der Waals surface area contributed by atoms with E-state index >= 15 is 0 Å². The van der Waals surface area contributed by atoms with Crippen LogP contribution in [0.5, 0.6) is 0 Å². The minimum absolute atomic E-state index is 0.621. The van der Waals surface area contributed by atoms with Gasteiger partial charge < -0.3 is 15.1 Å². The Morgan fingerprint density at radius 2 is 1.71 bits per heavy atom. The molecule has 0 unspecified atom stereocenters. The lowest BCUT2D eigenvalue weighted by Gasteiger charge is -2.23. The molecule has 0 atom stereocenters. The van der Waals surface area contributed by atoms with Crippen molar-refractivity contribution in [2.24, 2.45) is 4.99 Å². The topological polar surface area (TPSA) is 30.9 Å². The first-order chi connectivity index (χ1) is 11.5. The number of guanidine groups is 1. The molecule has 0 aliphatic rings. The summed E-state index contributed by atoms with van der Waals surface area (Å²) < 4.78 is 0. The van der Waals surface area contributed by atoms with Crippen LogP contribution in [0.4, 0.5) is 0 Å². The van der Waals surface area contributed by atoms with Crippen molar-refractivity contribution in [2.75, 3.05) is 34.2 Å². The molecule has 1 aromatic carbocycles. The van der Waals surface area contributed by atoms with E-state index < -0.39 is 0 Å². The van der Waals surface area contributed by atoms with E-state index in [-0.39, 0.29) is 0 Å². The van der Waals surface area contributed by atoms with Crippen molar-refractivity contribution in [1.82, 2.24) is 15.1 Å². The van der Waals surface area contributed by atoms with Gasteiger partial charge in [-0.15, -0.1) is 0 Å². The number of hydrogen-bond acceptors (Lipinski definition) is 2. The number of unbranched alkanes of at least 4 members (excludes halogenated alkanes) is 1. The van der Waals surface area contributed by atoms with E-state index in [1.807, 2.05) is 7.05 Å². The fourth-order valence-corrected chi connectivity index (χ4v) is 2.56. The molecule has 0 amide bonds. The first-order valence-electron chi connectivity index (χ1n) is 9.17. The molecule has 0 saturated carbocycles. The molecule has 0 aliphatic heterocycles. The highest BCUT2D eigenvalue weighted by Gasteiger charge is 2.07. The van der Waals surface area contributed by atoms with Crippen LogP contribution in [0.25, 0.3) is 0 Å². The van der Waals surface area contributed by atoms with Gasteiger partial charge in [0.25, 0.3) is 0 Å². The van der Waals surface area contributed by atoms with Gasteiger partial charge in [-0.1, -0.05) is 31.2 Å². The maximum absolute atomic E-state index is 4.40. The summed E-state index contributed by atoms with van der Waals surface area (Å²) in [6.07, 6.45) is 3.46. The van der Waals surface area contributed by atoms with Crippen LogP contribution >= 0.6 is 0 Å². The van der Waals surface area contributed by atoms with Gasteiger partial charge in [0.05, 0.1) is 0 Å². The molecule has 0 radical (unpaired) electrons. The lowest BCUT2D eigenvalue weighted by Crippen LogP contribution is -2.39. The molecule has 1 rings (SSSR count). The van der Waals surface area contributed by atoms with Gasteiger partial charge in [-0.05, 0) is 57.8 Å². The summed E-state index contributed by atoms with van der Waals surface area (Å²) in [5, 5.41) is 3.47. The van der Waals surface area contributed by atoms with Crippen LogP contribution in [-0.4, -0.2) is 56.0 Å². The monoisotopic (exact) mass is 332 g/mol. The first kappa shape index (κ1) is 20.5. The van der Waals surface area contributed by atoms with Crippen LogP contribution in [0.1, 0.15) is 44.7 Å². The molecule has 0 spiro atoms. The van der Waals surface area contributed by atoms with Crippen molar-refractivity contribution in [3.8, 4) is 0 Å². The SMILES string of the molecule is CCc1ccc(CN(C)C(=NC)NCCCCN(C)C(C)C)cc1. The fourth-order valence-electron chi connectivity index (χ4n) is 2.56. The highest BCUT2D eigenvalue weighted by Crippen LogP contribution is 2.07. The van der Waals surface area contributed by atoms with Gasteiger partial charge in [-0.25, -0.2) is 0 Å². The second-order valence-electron chi connectivity index (χ2n) is 6.78. The summed E-state index contributed by atoms with van der Waals surface area (Å²) in [6.45, 7) is 9.66. The Kier molecular flexibility index (Phi) is 9.46. The van der Waals surface area contributed by atoms with Crippen molar-refractivity contribution in [2.45, 2.75) is 52.6 Å². The molecule has 0 aromatic heterocycles. The average molecular weight is 333 g/mol. The molecule has 136 valence electrons. The van der Waals surface area contributed by atoms with Crippen LogP contribution in [0.2, 0.25) is 0 Å². The van der Waals surface area contributed by atoms with Crippen molar-refractivity contribution >= 4 is 5.96 Å². The summed E-state index contributed by atoms with van der Waals surface area (Å²) in [5.74, 6) is 0.965. The Bertz CT molecular complexity index is 479. The van der Waals surface area contributed by atoms with E-state index in [2.05, 4.69) is 79.2 Å². The number of nitrogens with zero attached hydrogens (tertiary/aromatic N) is 3. The van der Waals surface area contributed by atoms with Crippen LogP contribution in [-0.2, 0) is 13.0 Å². The number of aliphatic imine (C=N–C) groups is 1. The zero-order valence-electron chi connectivity index (χ0n) is 16.5. The summed E-state index contributed by atoms with van der Waals surface area (Å²) in [4.78, 5) is 8.97. The summed E-state index contributed by atoms with van der Waals surface area (Å²) in [5.41, 5.74) is 2.70. The third-order valence-electron chi connectivity index (χ3n) is 4.53. The van der Waals surface area contributed by atoms with Gasteiger partial charge >= 0.3 is 0 Å². The Balaban J connectivity index is 2.34. The highest BCUT2D eigenvalue weighted by atomic mass is 15.3. The van der Waals surface area contributed by atoms with E-state index in [9.17, 15) is 0 Å². The quantitative estimate of drug-likeness (QED) is 0.427. The van der Waals surface area contributed by atoms with Gasteiger partial charge in [-0.2, -0.15) is 0 Å². The predicted octanol–water partition coefficient (Wildman–Crippen LogP) is 3.38. The third-order valence-corrected chi connectivity index (χ3v) is 4.53. The molecule has 0 heterocycles. The zero-order valence-corrected chi connectivity index (χ0v) is 16.5. The molecule has 0 fully saturated rings. The molecule has 1 N–H and O–H groups in total. The standard InChI is InChI=1S/C20H36N4/c1-7-18-10-12-19(13-11-18)16-24(6)20(21-4)22-14-8-9-15-23(5)17(2)3/h10-13,17H,7-9,14-16H2,1-6H3,(H,21,22). The number of rotatable bonds is 9. The Labute approximate surface area is 149 Å². The summed E-state index contributed by atoms with van der Waals surface area (Å²) in [7, 11) is 6.13. The lowest BCUT2D eigenvalue weighted by atomic mass is 10.1. The van der Waals surface area contributed by atoms with E-state index in [0.29, 0.717) is 6.04 Å². The third kappa shape index (κ3) is 7.35. The number of hydrogen-bond donors (Lipinski definition) is 1. The van der Waals surface area contributed by atoms with Crippen molar-refractivity contribution in [3.63, 3.8) is 0 Å². The van der Waals surface area contributed by atoms with Crippen LogP contribution < -0.4 is 5.32 Å². The summed E-state index contributed by atoms with van der Waals surface area (Å²) in [6, 6.07) is 9.47. The van der Waals surface area contributed by atoms with Gasteiger partial charge in [0.2, 0.25) is 0 Å². The zero-order chi connectivity index (χ0) is 17.9. The molecule has 4 nitrogen and oxygen atoms in total. The van der Waals surface area contributed by atoms with Crippen LogP contribution in [0.3, 0.4) is 0 Å². The average Bonchev–Trinajstić information content (AvgIpc) is 2.58. The van der Waals surface area contributed by atoms with Gasteiger partial charge in [0.15, 0.2) is 5.96 Å². The van der Waals surface area contributed by atoms with E-state index in [1.165, 1.54) is 17.5 Å². The Hall–Kier alpha value is -1.55. The molecular formula is C20H36N4. The van der Waals surface area contributed by atoms with E-state index in [0.717, 1.165) is 38.4 Å². The van der Waals surface area contributed by atoms with Gasteiger partial charge in [0.1, 0.15) is 0 Å². The highest BCUT2D eigenvalue weighted by molar-refractivity contribution is 5.79. The molecule has 24 heavy (non-hydrogen) atoms. The molecular weight excluding hydrogens is 296 g/mol. The lowest BCUT2D eigenvalue weighted by molar-refractivity contribution is 0.268. The molecule has 0 saturated heterocycles. The Morgan fingerprint density at radius 1 is 1.08 bits per heavy atom. The van der Waals surface area contributed by atoms with Crippen LogP contribution in [0.15, 0.2) is 29.3 Å². The normalized spacial score (nSPS) is 12.1. The smallest absolute Gasteiger partial charge is 0.193 e. The molecule has 0 aliphatic carbocycles. The first-order valence-corrected chi connectivity index (χ1v) is 9.17. The largest absolute Gasteiger partial charge is 0.356 e. The van der Waals surface area contributed by atoms with E-state index in [4.69, 9.17) is 0 Å². The molecule has 0 bridgehead atoms. The van der Waals surface area contributed by atoms with Crippen molar-refractivity contribution < 1.29 is 0 Å². The number of benzene rings is 1.